The molecule has 0 fully saturated rings. The first-order valence-corrected chi connectivity index (χ1v) is 11.2. The van der Waals surface area contributed by atoms with Gasteiger partial charge in [0.1, 0.15) is 5.76 Å². The highest BCUT2D eigenvalue weighted by atomic mass is 16.3. The van der Waals surface area contributed by atoms with Gasteiger partial charge >= 0.3 is 0 Å². The van der Waals surface area contributed by atoms with E-state index in [-0.39, 0.29) is 17.5 Å². The number of para-hydroxylation sites is 1. The Labute approximate surface area is 183 Å². The zero-order chi connectivity index (χ0) is 21.8. The molecule has 3 aromatic rings. The van der Waals surface area contributed by atoms with E-state index in [1.807, 2.05) is 36.4 Å². The van der Waals surface area contributed by atoms with Crippen molar-refractivity contribution in [2.45, 2.75) is 51.9 Å². The van der Waals surface area contributed by atoms with Crippen molar-refractivity contribution in [1.82, 2.24) is 4.98 Å². The molecule has 1 aromatic heterocycles. The molecule has 1 unspecified atom stereocenters. The standard InChI is InChI=1S/C27H30N2O2/c1-3-9-24(28-15-14-21-18(2)29-23-13-8-7-12-22(21)23)27-25(30)16-20(17-26(27)31)19-10-5-4-6-11-19/h4-8,10-13,20,29-30H,3,9,14-17H2,1-2H3. The molecule has 4 heteroatoms. The Balaban J connectivity index is 1.55. The van der Waals surface area contributed by atoms with Crippen LogP contribution in [0.4, 0.5) is 0 Å². The summed E-state index contributed by atoms with van der Waals surface area (Å²) in [6.45, 7) is 4.77. The summed E-state index contributed by atoms with van der Waals surface area (Å²) in [5, 5.41) is 12.0. The van der Waals surface area contributed by atoms with Gasteiger partial charge in [-0.3, -0.25) is 9.79 Å². The number of carbonyl (C=O) groups excluding carboxylic acids is 1. The molecule has 2 aromatic carbocycles. The molecule has 0 radical (unpaired) electrons. The second kappa shape index (κ2) is 9.34. The normalized spacial score (nSPS) is 17.5. The van der Waals surface area contributed by atoms with Gasteiger partial charge in [-0.05, 0) is 42.9 Å². The first kappa shape index (κ1) is 21.1. The number of aromatic amines is 1. The average molecular weight is 415 g/mol. The fourth-order valence-corrected chi connectivity index (χ4v) is 4.66. The average Bonchev–Trinajstić information content (AvgIpc) is 3.09. The number of fused-ring (bicyclic) bond motifs is 1. The maximum Gasteiger partial charge on any atom is 0.168 e. The number of aliphatic hydroxyl groups is 1. The number of rotatable bonds is 7. The molecule has 0 amide bonds. The summed E-state index contributed by atoms with van der Waals surface area (Å²) in [5.74, 6) is 0.239. The smallest absolute Gasteiger partial charge is 0.168 e. The van der Waals surface area contributed by atoms with Crippen LogP contribution in [-0.2, 0) is 11.2 Å². The summed E-state index contributed by atoms with van der Waals surface area (Å²) in [6, 6.07) is 18.3. The van der Waals surface area contributed by atoms with Crippen LogP contribution in [0.15, 0.2) is 70.9 Å². The summed E-state index contributed by atoms with van der Waals surface area (Å²) in [6.07, 6.45) is 3.31. The van der Waals surface area contributed by atoms with Crippen LogP contribution in [-0.4, -0.2) is 28.1 Å². The Morgan fingerprint density at radius 3 is 2.58 bits per heavy atom. The Bertz CT molecular complexity index is 1140. The van der Waals surface area contributed by atoms with Crippen molar-refractivity contribution >= 4 is 22.4 Å². The number of nitrogens with one attached hydrogen (secondary N) is 1. The molecule has 160 valence electrons. The monoisotopic (exact) mass is 414 g/mol. The van der Waals surface area contributed by atoms with Crippen LogP contribution in [0.5, 0.6) is 0 Å². The Hall–Kier alpha value is -3.14. The fraction of sp³-hybridized carbons (Fsp3) is 0.333. The number of benzene rings is 2. The van der Waals surface area contributed by atoms with Gasteiger partial charge in [0.25, 0.3) is 0 Å². The molecule has 1 atom stereocenters. The van der Waals surface area contributed by atoms with Gasteiger partial charge in [0.2, 0.25) is 0 Å². The number of nitrogens with zero attached hydrogens (tertiary/aromatic N) is 1. The molecule has 1 heterocycles. The van der Waals surface area contributed by atoms with E-state index in [2.05, 4.69) is 37.0 Å². The number of carbonyl (C=O) groups is 1. The fourth-order valence-electron chi connectivity index (χ4n) is 4.66. The third kappa shape index (κ3) is 4.48. The summed E-state index contributed by atoms with van der Waals surface area (Å²) >= 11 is 0. The van der Waals surface area contributed by atoms with Crippen molar-refractivity contribution in [3.8, 4) is 0 Å². The number of allylic oxidation sites excluding steroid dienone is 2. The minimum Gasteiger partial charge on any atom is -0.511 e. The van der Waals surface area contributed by atoms with Crippen LogP contribution in [0.2, 0.25) is 0 Å². The van der Waals surface area contributed by atoms with Gasteiger partial charge in [-0.2, -0.15) is 0 Å². The van der Waals surface area contributed by atoms with Crippen molar-refractivity contribution in [3.05, 3.63) is 82.8 Å². The molecular weight excluding hydrogens is 384 g/mol. The molecule has 2 N–H and O–H groups in total. The molecule has 31 heavy (non-hydrogen) atoms. The van der Waals surface area contributed by atoms with E-state index in [0.29, 0.717) is 31.4 Å². The largest absolute Gasteiger partial charge is 0.511 e. The van der Waals surface area contributed by atoms with Gasteiger partial charge in [0.05, 0.1) is 5.57 Å². The van der Waals surface area contributed by atoms with Gasteiger partial charge < -0.3 is 10.1 Å². The summed E-state index contributed by atoms with van der Waals surface area (Å²) in [7, 11) is 0. The molecule has 1 aliphatic carbocycles. The highest BCUT2D eigenvalue weighted by Gasteiger charge is 2.30. The molecule has 1 aliphatic rings. The van der Waals surface area contributed by atoms with Gasteiger partial charge in [0.15, 0.2) is 5.78 Å². The predicted octanol–water partition coefficient (Wildman–Crippen LogP) is 6.22. The maximum absolute atomic E-state index is 13.0. The molecule has 0 bridgehead atoms. The van der Waals surface area contributed by atoms with E-state index in [1.165, 1.54) is 10.9 Å². The number of aliphatic hydroxyl groups excluding tert-OH is 1. The molecular formula is C27H30N2O2. The number of aliphatic imine (C=N–C) groups is 1. The molecule has 0 saturated carbocycles. The second-order valence-electron chi connectivity index (χ2n) is 8.36. The van der Waals surface area contributed by atoms with Crippen LogP contribution < -0.4 is 0 Å². The Kier molecular flexibility index (Phi) is 6.36. The van der Waals surface area contributed by atoms with Gasteiger partial charge in [-0.25, -0.2) is 0 Å². The number of aromatic nitrogens is 1. The summed E-state index contributed by atoms with van der Waals surface area (Å²) in [4.78, 5) is 21.3. The molecule has 0 aliphatic heterocycles. The third-order valence-electron chi connectivity index (χ3n) is 6.18. The quantitative estimate of drug-likeness (QED) is 0.451. The van der Waals surface area contributed by atoms with E-state index in [4.69, 9.17) is 4.99 Å². The van der Waals surface area contributed by atoms with Crippen molar-refractivity contribution < 1.29 is 9.90 Å². The van der Waals surface area contributed by atoms with E-state index in [0.717, 1.165) is 35.3 Å². The molecule has 4 rings (SSSR count). The topological polar surface area (TPSA) is 65.4 Å². The molecule has 4 nitrogen and oxygen atoms in total. The third-order valence-corrected chi connectivity index (χ3v) is 6.18. The Morgan fingerprint density at radius 1 is 1.10 bits per heavy atom. The number of H-pyrrole nitrogens is 1. The first-order valence-electron chi connectivity index (χ1n) is 11.2. The van der Waals surface area contributed by atoms with E-state index < -0.39 is 0 Å². The van der Waals surface area contributed by atoms with E-state index >= 15 is 0 Å². The zero-order valence-corrected chi connectivity index (χ0v) is 18.3. The minimum absolute atomic E-state index is 0.00748. The summed E-state index contributed by atoms with van der Waals surface area (Å²) < 4.78 is 0. The SMILES string of the molecule is CCCC(=NCCc1c(C)[nH]c2ccccc12)C1=C(O)CC(c2ccccc2)CC1=O. The molecule has 0 saturated heterocycles. The van der Waals surface area contributed by atoms with Crippen molar-refractivity contribution in [3.63, 3.8) is 0 Å². The lowest BCUT2D eigenvalue weighted by Gasteiger charge is -2.24. The van der Waals surface area contributed by atoms with Crippen LogP contribution in [0.25, 0.3) is 10.9 Å². The number of aryl methyl sites for hydroxylation is 1. The number of hydrogen-bond acceptors (Lipinski definition) is 3. The van der Waals surface area contributed by atoms with Crippen LogP contribution >= 0.6 is 0 Å². The van der Waals surface area contributed by atoms with Crippen molar-refractivity contribution in [1.29, 1.82) is 0 Å². The van der Waals surface area contributed by atoms with E-state index in [1.54, 1.807) is 0 Å². The van der Waals surface area contributed by atoms with Crippen molar-refractivity contribution in [2.24, 2.45) is 4.99 Å². The second-order valence-corrected chi connectivity index (χ2v) is 8.36. The van der Waals surface area contributed by atoms with Crippen LogP contribution in [0.3, 0.4) is 0 Å². The number of hydrogen-bond donors (Lipinski definition) is 2. The van der Waals surface area contributed by atoms with E-state index in [9.17, 15) is 9.90 Å². The Morgan fingerprint density at radius 2 is 1.84 bits per heavy atom. The predicted molar refractivity (Wildman–Crippen MR) is 127 cm³/mol. The van der Waals surface area contributed by atoms with Crippen LogP contribution in [0.1, 0.15) is 55.3 Å². The highest BCUT2D eigenvalue weighted by molar-refractivity contribution is 6.23. The van der Waals surface area contributed by atoms with Crippen molar-refractivity contribution in [2.75, 3.05) is 6.54 Å². The zero-order valence-electron chi connectivity index (χ0n) is 18.3. The lowest BCUT2D eigenvalue weighted by atomic mass is 9.81. The van der Waals surface area contributed by atoms with Gasteiger partial charge in [-0.1, -0.05) is 61.9 Å². The lowest BCUT2D eigenvalue weighted by molar-refractivity contribution is -0.116. The number of ketones is 1. The minimum atomic E-state index is 0.00748. The van der Waals surface area contributed by atoms with Gasteiger partial charge in [0, 0.05) is 41.7 Å². The summed E-state index contributed by atoms with van der Waals surface area (Å²) in [5.41, 5.74) is 5.90. The molecule has 0 spiro atoms. The lowest BCUT2D eigenvalue weighted by Crippen LogP contribution is -2.24. The maximum atomic E-state index is 13.0. The van der Waals surface area contributed by atoms with Gasteiger partial charge in [-0.15, -0.1) is 0 Å². The van der Waals surface area contributed by atoms with Crippen LogP contribution in [0, 0.1) is 6.92 Å². The first-order chi connectivity index (χ1) is 15.1. The number of Topliss-reactive ketones (excluding diaryl/α,β-unsaturated/α-hetero) is 1. The highest BCUT2D eigenvalue weighted by Crippen LogP contribution is 2.34.